The van der Waals surface area contributed by atoms with Crippen molar-refractivity contribution in [1.29, 1.82) is 0 Å². The molecule has 5 aromatic rings. The Morgan fingerprint density at radius 1 is 0.344 bits per heavy atom. The number of benzene rings is 5. The van der Waals surface area contributed by atoms with Crippen LogP contribution >= 0.6 is 0 Å². The number of hydrogen-bond acceptors (Lipinski definition) is 2. The van der Waals surface area contributed by atoms with Gasteiger partial charge in [0.15, 0.2) is 0 Å². The summed E-state index contributed by atoms with van der Waals surface area (Å²) in [5, 5.41) is 0. The summed E-state index contributed by atoms with van der Waals surface area (Å²) >= 11 is 0. The van der Waals surface area contributed by atoms with Crippen LogP contribution in [0.3, 0.4) is 0 Å². The van der Waals surface area contributed by atoms with E-state index >= 15 is 0 Å². The molecule has 0 amide bonds. The van der Waals surface area contributed by atoms with Crippen LogP contribution in [0.5, 0.6) is 0 Å². The fraction of sp³-hybridized carbons (Fsp3) is 0.483. The highest BCUT2D eigenvalue weighted by Gasteiger charge is 2.45. The summed E-state index contributed by atoms with van der Waals surface area (Å²) in [4.78, 5) is 5.20. The molecule has 5 aromatic carbocycles. The van der Waals surface area contributed by atoms with E-state index in [0.717, 1.165) is 12.8 Å². The lowest BCUT2D eigenvalue weighted by Crippen LogP contribution is -2.62. The molecule has 0 fully saturated rings. The second-order valence-corrected chi connectivity index (χ2v) is 25.7. The van der Waals surface area contributed by atoms with E-state index < -0.39 is 0 Å². The van der Waals surface area contributed by atoms with Crippen LogP contribution in [0, 0.1) is 10.8 Å². The number of anilines is 6. The minimum Gasteiger partial charge on any atom is -0.311 e. The standard InChI is InChI=1S/C58H77BN2/c1-52(2,3)36-57(16,17)39-22-28-44(29-23-39)61-48-31-25-41(58(18,19)37-53(4,5)6)33-46(48)59-45-32-40(55(10,11)12)24-30-47(45)60(43-26-20-38(21-27-43)54(7,8)9)49-34-42(56(13,14)15)35-50(61)51(49)59/h20-35H,36-37H2,1-19H3. The van der Waals surface area contributed by atoms with Crippen LogP contribution in [-0.2, 0) is 27.1 Å². The quantitative estimate of drug-likeness (QED) is 0.154. The predicted octanol–water partition coefficient (Wildman–Crippen LogP) is 15.1. The maximum absolute atomic E-state index is 2.61. The predicted molar refractivity (Wildman–Crippen MR) is 271 cm³/mol. The average Bonchev–Trinajstić information content (AvgIpc) is 3.11. The van der Waals surface area contributed by atoms with E-state index in [4.69, 9.17) is 0 Å². The molecule has 0 spiro atoms. The van der Waals surface area contributed by atoms with Gasteiger partial charge in [0.2, 0.25) is 0 Å². The van der Waals surface area contributed by atoms with Crippen LogP contribution in [0.2, 0.25) is 0 Å². The van der Waals surface area contributed by atoms with Crippen molar-refractivity contribution in [2.75, 3.05) is 9.80 Å². The van der Waals surface area contributed by atoms with Gasteiger partial charge in [-0.1, -0.05) is 180 Å². The van der Waals surface area contributed by atoms with Crippen LogP contribution in [0.15, 0.2) is 97.1 Å². The molecule has 0 aromatic heterocycles. The summed E-state index contributed by atoms with van der Waals surface area (Å²) in [5.41, 5.74) is 19.0. The molecule has 61 heavy (non-hydrogen) atoms. The first-order valence-corrected chi connectivity index (χ1v) is 23.1. The zero-order chi connectivity index (χ0) is 45.0. The number of nitrogens with zero attached hydrogens (tertiary/aromatic N) is 2. The van der Waals surface area contributed by atoms with Crippen molar-refractivity contribution in [3.05, 3.63) is 125 Å². The number of rotatable bonds is 6. The Morgan fingerprint density at radius 3 is 1.08 bits per heavy atom. The van der Waals surface area contributed by atoms with Gasteiger partial charge in [0.25, 0.3) is 6.71 Å². The fourth-order valence-corrected chi connectivity index (χ4v) is 10.9. The third-order valence-corrected chi connectivity index (χ3v) is 13.4. The Labute approximate surface area is 372 Å². The first-order valence-electron chi connectivity index (χ1n) is 23.1. The highest BCUT2D eigenvalue weighted by Crippen LogP contribution is 2.48. The SMILES string of the molecule is CC(C)(C)CC(C)(C)c1ccc(N2c3ccc(C(C)(C)CC(C)(C)C)cc3B3c4cc(C(C)(C)C)ccc4N(c4ccc(C(C)(C)C)cc4)c4cc(C(C)(C)C)cc2c43)cc1. The number of hydrogen-bond donors (Lipinski definition) is 0. The molecule has 0 bridgehead atoms. The molecule has 0 radical (unpaired) electrons. The van der Waals surface area contributed by atoms with Crippen molar-refractivity contribution in [1.82, 2.24) is 0 Å². The van der Waals surface area contributed by atoms with Crippen molar-refractivity contribution in [3.63, 3.8) is 0 Å². The first-order chi connectivity index (χ1) is 27.9. The maximum atomic E-state index is 2.61. The smallest absolute Gasteiger partial charge is 0.252 e. The summed E-state index contributed by atoms with van der Waals surface area (Å²) in [5.74, 6) is 0. The van der Waals surface area contributed by atoms with Crippen molar-refractivity contribution in [2.24, 2.45) is 10.8 Å². The summed E-state index contributed by atoms with van der Waals surface area (Å²) in [6.07, 6.45) is 2.21. The van der Waals surface area contributed by atoms with Gasteiger partial charge in [-0.3, -0.25) is 0 Å². The zero-order valence-electron chi connectivity index (χ0n) is 41.6. The Hall–Kier alpha value is -4.24. The van der Waals surface area contributed by atoms with Gasteiger partial charge in [-0.2, -0.15) is 0 Å². The van der Waals surface area contributed by atoms with Gasteiger partial charge in [0.05, 0.1) is 0 Å². The molecule has 7 rings (SSSR count). The minimum absolute atomic E-state index is 0.00396. The van der Waals surface area contributed by atoms with E-state index in [9.17, 15) is 0 Å². The minimum atomic E-state index is -0.0766. The molecule has 322 valence electrons. The molecule has 0 atom stereocenters. The first kappa shape index (κ1) is 44.8. The van der Waals surface area contributed by atoms with E-state index in [1.165, 1.54) is 78.3 Å². The molecule has 2 heterocycles. The average molecular weight is 813 g/mol. The van der Waals surface area contributed by atoms with E-state index in [2.05, 4.69) is 238 Å². The Balaban J connectivity index is 1.58. The molecule has 0 saturated heterocycles. The van der Waals surface area contributed by atoms with Gasteiger partial charge in [-0.25, -0.2) is 0 Å². The highest BCUT2D eigenvalue weighted by molar-refractivity contribution is 7.00. The molecule has 0 aliphatic carbocycles. The number of fused-ring (bicyclic) bond motifs is 4. The van der Waals surface area contributed by atoms with Gasteiger partial charge >= 0.3 is 0 Å². The largest absolute Gasteiger partial charge is 0.311 e. The summed E-state index contributed by atoms with van der Waals surface area (Å²) in [7, 11) is 0. The molecular weight excluding hydrogens is 735 g/mol. The monoisotopic (exact) mass is 813 g/mol. The van der Waals surface area contributed by atoms with Gasteiger partial charge in [-0.05, 0) is 143 Å². The normalized spacial score (nSPS) is 14.8. The van der Waals surface area contributed by atoms with Crippen LogP contribution in [-0.4, -0.2) is 6.71 Å². The lowest BCUT2D eigenvalue weighted by molar-refractivity contribution is 0.283. The molecule has 3 heteroatoms. The van der Waals surface area contributed by atoms with Crippen molar-refractivity contribution in [2.45, 2.75) is 171 Å². The summed E-state index contributed by atoms with van der Waals surface area (Å²) < 4.78 is 0. The van der Waals surface area contributed by atoms with Crippen LogP contribution < -0.4 is 26.2 Å². The molecule has 2 aliphatic heterocycles. The molecule has 2 aliphatic rings. The van der Waals surface area contributed by atoms with E-state index in [-0.39, 0.29) is 44.6 Å². The lowest BCUT2D eigenvalue weighted by atomic mass is 9.33. The Morgan fingerprint density at radius 2 is 0.689 bits per heavy atom. The Bertz CT molecular complexity index is 2430. The summed E-state index contributed by atoms with van der Waals surface area (Å²) in [6.45, 7) is 45.1. The van der Waals surface area contributed by atoms with Crippen molar-refractivity contribution >= 4 is 57.2 Å². The van der Waals surface area contributed by atoms with Crippen LogP contribution in [0.4, 0.5) is 34.1 Å². The topological polar surface area (TPSA) is 6.48 Å². The lowest BCUT2D eigenvalue weighted by Gasteiger charge is -2.46. The Kier molecular flexibility index (Phi) is 10.8. The maximum Gasteiger partial charge on any atom is 0.252 e. The summed E-state index contributed by atoms with van der Waals surface area (Å²) in [6, 6.07) is 38.9. The third-order valence-electron chi connectivity index (χ3n) is 13.4. The highest BCUT2D eigenvalue weighted by atomic mass is 15.2. The fourth-order valence-electron chi connectivity index (χ4n) is 10.9. The second-order valence-electron chi connectivity index (χ2n) is 25.7. The van der Waals surface area contributed by atoms with E-state index in [1.807, 2.05) is 0 Å². The molecule has 0 saturated carbocycles. The van der Waals surface area contributed by atoms with E-state index in [1.54, 1.807) is 0 Å². The zero-order valence-corrected chi connectivity index (χ0v) is 41.6. The van der Waals surface area contributed by atoms with Crippen LogP contribution in [0.1, 0.15) is 172 Å². The van der Waals surface area contributed by atoms with Gasteiger partial charge in [-0.15, -0.1) is 0 Å². The van der Waals surface area contributed by atoms with Crippen molar-refractivity contribution in [3.8, 4) is 0 Å². The second kappa shape index (κ2) is 14.7. The molecular formula is C58H77BN2. The van der Waals surface area contributed by atoms with Gasteiger partial charge in [0.1, 0.15) is 0 Å². The molecule has 2 nitrogen and oxygen atoms in total. The van der Waals surface area contributed by atoms with Gasteiger partial charge in [0, 0.05) is 34.1 Å². The van der Waals surface area contributed by atoms with Crippen LogP contribution in [0.25, 0.3) is 0 Å². The third kappa shape index (κ3) is 8.75. The van der Waals surface area contributed by atoms with Crippen molar-refractivity contribution < 1.29 is 0 Å². The van der Waals surface area contributed by atoms with Gasteiger partial charge < -0.3 is 9.80 Å². The van der Waals surface area contributed by atoms with E-state index in [0.29, 0.717) is 0 Å². The molecule has 0 unspecified atom stereocenters. The molecule has 0 N–H and O–H groups in total.